The highest BCUT2D eigenvalue weighted by atomic mass is 35.5. The van der Waals surface area contributed by atoms with Crippen LogP contribution in [0.4, 0.5) is 0 Å². The Bertz CT molecular complexity index is 784. The zero-order chi connectivity index (χ0) is 17.9. The van der Waals surface area contributed by atoms with Gasteiger partial charge in [0.25, 0.3) is 11.5 Å². The molecule has 5 nitrogen and oxygen atoms in total. The molecule has 1 amide bonds. The molecule has 6 heteroatoms. The number of aryl methyl sites for hydroxylation is 2. The maximum absolute atomic E-state index is 12.5. The lowest BCUT2D eigenvalue weighted by atomic mass is 10.0. The van der Waals surface area contributed by atoms with Gasteiger partial charge in [-0.15, -0.1) is 0 Å². The Morgan fingerprint density at radius 1 is 1.25 bits per heavy atom. The van der Waals surface area contributed by atoms with E-state index in [2.05, 4.69) is 10.3 Å². The number of hydrogen-bond acceptors (Lipinski definition) is 3. The first-order chi connectivity index (χ1) is 11.3. The van der Waals surface area contributed by atoms with Crippen molar-refractivity contribution in [3.63, 3.8) is 0 Å². The van der Waals surface area contributed by atoms with Crippen LogP contribution in [-0.2, 0) is 4.74 Å². The van der Waals surface area contributed by atoms with E-state index >= 15 is 0 Å². The van der Waals surface area contributed by atoms with Crippen LogP contribution in [0.1, 0.15) is 40.2 Å². The summed E-state index contributed by atoms with van der Waals surface area (Å²) >= 11 is 5.90. The number of carbonyl (C=O) groups excluding carboxylic acids is 1. The largest absolute Gasteiger partial charge is 0.375 e. The zero-order valence-electron chi connectivity index (χ0n) is 14.1. The first-order valence-electron chi connectivity index (χ1n) is 7.63. The Kier molecular flexibility index (Phi) is 5.80. The van der Waals surface area contributed by atoms with Crippen LogP contribution in [-0.4, -0.2) is 24.0 Å². The summed E-state index contributed by atoms with van der Waals surface area (Å²) in [5.41, 5.74) is 1.99. The van der Waals surface area contributed by atoms with Crippen LogP contribution in [0.3, 0.4) is 0 Å². The molecule has 2 N–H and O–H groups in total. The van der Waals surface area contributed by atoms with Crippen molar-refractivity contribution in [1.82, 2.24) is 10.3 Å². The third kappa shape index (κ3) is 4.04. The normalized spacial score (nSPS) is 13.4. The molecule has 0 aliphatic rings. The second-order valence-electron chi connectivity index (χ2n) is 5.81. The number of aromatic amines is 1. The average molecular weight is 349 g/mol. The minimum Gasteiger partial charge on any atom is -0.375 e. The molecule has 0 aliphatic carbocycles. The molecule has 2 atom stereocenters. The standard InChI is InChI=1S/C18H21ClN2O3/c1-10-9-11(2)20-17(22)15(10)18(23)21-12(3)16(24-4)13-5-7-14(19)8-6-13/h5-9,12,16H,1-4H3,(H,20,22)(H,21,23)/t12-,16+/m1/s1. The number of methoxy groups -OCH3 is 1. The second-order valence-corrected chi connectivity index (χ2v) is 6.25. The van der Waals surface area contributed by atoms with Gasteiger partial charge in [0.05, 0.1) is 6.04 Å². The Balaban J connectivity index is 2.21. The lowest BCUT2D eigenvalue weighted by Crippen LogP contribution is -2.40. The van der Waals surface area contributed by atoms with Gasteiger partial charge in [-0.25, -0.2) is 0 Å². The highest BCUT2D eigenvalue weighted by molar-refractivity contribution is 6.30. The summed E-state index contributed by atoms with van der Waals surface area (Å²) < 4.78 is 5.51. The minimum atomic E-state index is -0.419. The Hall–Kier alpha value is -2.11. The number of hydrogen-bond donors (Lipinski definition) is 2. The van der Waals surface area contributed by atoms with Gasteiger partial charge in [-0.05, 0) is 50.1 Å². The number of carbonyl (C=O) groups is 1. The molecule has 2 rings (SSSR count). The van der Waals surface area contributed by atoms with Crippen LogP contribution >= 0.6 is 11.6 Å². The van der Waals surface area contributed by atoms with E-state index in [1.165, 1.54) is 0 Å². The van der Waals surface area contributed by atoms with Crippen molar-refractivity contribution in [3.05, 3.63) is 68.1 Å². The average Bonchev–Trinajstić information content (AvgIpc) is 2.48. The van der Waals surface area contributed by atoms with Gasteiger partial charge in [0.15, 0.2) is 0 Å². The van der Waals surface area contributed by atoms with E-state index in [1.807, 2.05) is 19.1 Å². The monoisotopic (exact) mass is 348 g/mol. The number of amides is 1. The molecule has 0 saturated heterocycles. The highest BCUT2D eigenvalue weighted by Crippen LogP contribution is 2.22. The summed E-state index contributed by atoms with van der Waals surface area (Å²) in [6.07, 6.45) is -0.351. The van der Waals surface area contributed by atoms with Gasteiger partial charge >= 0.3 is 0 Å². The fraction of sp³-hybridized carbons (Fsp3) is 0.333. The number of aromatic nitrogens is 1. The van der Waals surface area contributed by atoms with Crippen LogP contribution < -0.4 is 10.9 Å². The van der Waals surface area contributed by atoms with Crippen molar-refractivity contribution in [2.45, 2.75) is 32.9 Å². The number of ether oxygens (including phenoxy) is 1. The number of benzene rings is 1. The van der Waals surface area contributed by atoms with Gasteiger partial charge in [0.2, 0.25) is 0 Å². The molecule has 1 heterocycles. The third-order valence-electron chi connectivity index (χ3n) is 3.86. The molecule has 0 aliphatic heterocycles. The summed E-state index contributed by atoms with van der Waals surface area (Å²) in [7, 11) is 1.58. The van der Waals surface area contributed by atoms with Crippen molar-refractivity contribution in [2.24, 2.45) is 0 Å². The summed E-state index contributed by atoms with van der Waals surface area (Å²) in [6.45, 7) is 5.35. The van der Waals surface area contributed by atoms with Crippen LogP contribution in [0.5, 0.6) is 0 Å². The van der Waals surface area contributed by atoms with Crippen LogP contribution in [0, 0.1) is 13.8 Å². The number of H-pyrrole nitrogens is 1. The van der Waals surface area contributed by atoms with E-state index in [4.69, 9.17) is 16.3 Å². The van der Waals surface area contributed by atoms with Gasteiger partial charge in [0.1, 0.15) is 11.7 Å². The van der Waals surface area contributed by atoms with Gasteiger partial charge in [-0.3, -0.25) is 9.59 Å². The molecule has 1 aromatic carbocycles. The van der Waals surface area contributed by atoms with Crippen LogP contribution in [0.25, 0.3) is 0 Å². The SMILES string of the molecule is CO[C@H](c1ccc(Cl)cc1)[C@@H](C)NC(=O)c1c(C)cc(C)[nH]c1=O. The number of rotatable bonds is 5. The van der Waals surface area contributed by atoms with E-state index in [-0.39, 0.29) is 17.7 Å². The van der Waals surface area contributed by atoms with Crippen LogP contribution in [0.15, 0.2) is 35.1 Å². The maximum Gasteiger partial charge on any atom is 0.261 e. The number of halogens is 1. The van der Waals surface area contributed by atoms with Gasteiger partial charge in [-0.1, -0.05) is 23.7 Å². The fourth-order valence-electron chi connectivity index (χ4n) is 2.77. The highest BCUT2D eigenvalue weighted by Gasteiger charge is 2.23. The van der Waals surface area contributed by atoms with Crippen LogP contribution in [0.2, 0.25) is 5.02 Å². The lowest BCUT2D eigenvalue weighted by molar-refractivity contribution is 0.0644. The Morgan fingerprint density at radius 2 is 1.88 bits per heavy atom. The molecule has 0 unspecified atom stereocenters. The molecule has 128 valence electrons. The first-order valence-corrected chi connectivity index (χ1v) is 8.01. The van der Waals surface area contributed by atoms with Gasteiger partial charge in [-0.2, -0.15) is 0 Å². The molecule has 0 saturated carbocycles. The Morgan fingerprint density at radius 3 is 2.42 bits per heavy atom. The van der Waals surface area contributed by atoms with Crippen molar-refractivity contribution in [3.8, 4) is 0 Å². The molecular weight excluding hydrogens is 328 g/mol. The summed E-state index contributed by atoms with van der Waals surface area (Å²) in [4.78, 5) is 27.2. The van der Waals surface area contributed by atoms with E-state index in [9.17, 15) is 9.59 Å². The summed E-state index contributed by atoms with van der Waals surface area (Å²) in [5.74, 6) is -0.419. The van der Waals surface area contributed by atoms with E-state index in [0.717, 1.165) is 11.3 Å². The maximum atomic E-state index is 12.5. The number of nitrogens with one attached hydrogen (secondary N) is 2. The quantitative estimate of drug-likeness (QED) is 0.871. The molecule has 24 heavy (non-hydrogen) atoms. The predicted octanol–water partition coefficient (Wildman–Crippen LogP) is 3.15. The molecule has 1 aromatic heterocycles. The summed E-state index contributed by atoms with van der Waals surface area (Å²) in [5, 5.41) is 3.48. The molecule has 0 spiro atoms. The third-order valence-corrected chi connectivity index (χ3v) is 4.11. The second kappa shape index (κ2) is 7.64. The molecule has 0 fully saturated rings. The van der Waals surface area contributed by atoms with E-state index in [1.54, 1.807) is 39.2 Å². The zero-order valence-corrected chi connectivity index (χ0v) is 14.9. The van der Waals surface area contributed by atoms with Crippen molar-refractivity contribution < 1.29 is 9.53 Å². The van der Waals surface area contributed by atoms with Gasteiger partial charge < -0.3 is 15.0 Å². The summed E-state index contributed by atoms with van der Waals surface area (Å²) in [6, 6.07) is 8.68. The molecule has 2 aromatic rings. The van der Waals surface area contributed by atoms with Crippen molar-refractivity contribution in [2.75, 3.05) is 7.11 Å². The lowest BCUT2D eigenvalue weighted by Gasteiger charge is -2.24. The van der Waals surface area contributed by atoms with Gasteiger partial charge in [0, 0.05) is 17.8 Å². The smallest absolute Gasteiger partial charge is 0.261 e. The topological polar surface area (TPSA) is 71.2 Å². The first kappa shape index (κ1) is 18.2. The number of pyridine rings is 1. The van der Waals surface area contributed by atoms with Crippen molar-refractivity contribution in [1.29, 1.82) is 0 Å². The Labute approximate surface area is 146 Å². The minimum absolute atomic E-state index is 0.124. The van der Waals surface area contributed by atoms with E-state index < -0.39 is 11.5 Å². The van der Waals surface area contributed by atoms with Crippen molar-refractivity contribution >= 4 is 17.5 Å². The fourth-order valence-corrected chi connectivity index (χ4v) is 2.90. The predicted molar refractivity (Wildman–Crippen MR) is 94.7 cm³/mol. The van der Waals surface area contributed by atoms with E-state index in [0.29, 0.717) is 10.6 Å². The molecular formula is C18H21ClN2O3. The molecule has 0 radical (unpaired) electrons. The molecule has 0 bridgehead atoms.